The van der Waals surface area contributed by atoms with Crippen molar-refractivity contribution in [3.05, 3.63) is 59.4 Å². The van der Waals surface area contributed by atoms with Crippen LogP contribution in [0.15, 0.2) is 42.5 Å². The van der Waals surface area contributed by atoms with Crippen LogP contribution in [0.4, 0.5) is 4.39 Å². The molecule has 0 bridgehead atoms. The Labute approximate surface area is 181 Å². The maximum absolute atomic E-state index is 15.7. The number of aliphatic hydroxyl groups excluding tert-OH is 2. The predicted molar refractivity (Wildman–Crippen MR) is 116 cm³/mol. The van der Waals surface area contributed by atoms with Gasteiger partial charge in [-0.05, 0) is 42.0 Å². The standard InChI is InChI=1S/C24H29FN2O4/c1-14(2)16-10-11-17(20(21(16)25)15-7-4-3-5-8-15)22(23(30)19(29)13-28)27-24(31)18-9-6-12-26-18/h3-5,7-8,10-11,14,18-19,22,26,28-29H,6,9,12-13H2,1-2H3,(H,27,31). The van der Waals surface area contributed by atoms with E-state index in [0.717, 1.165) is 6.42 Å². The van der Waals surface area contributed by atoms with Gasteiger partial charge < -0.3 is 20.8 Å². The zero-order valence-electron chi connectivity index (χ0n) is 17.8. The third kappa shape index (κ3) is 5.01. The molecule has 2 aromatic carbocycles. The maximum atomic E-state index is 15.7. The number of halogens is 1. The highest BCUT2D eigenvalue weighted by Crippen LogP contribution is 2.36. The second-order valence-electron chi connectivity index (χ2n) is 8.15. The van der Waals surface area contributed by atoms with Crippen molar-refractivity contribution in [1.82, 2.24) is 10.6 Å². The van der Waals surface area contributed by atoms with Gasteiger partial charge in [0, 0.05) is 5.56 Å². The number of hydrogen-bond donors (Lipinski definition) is 4. The van der Waals surface area contributed by atoms with Gasteiger partial charge in [-0.2, -0.15) is 0 Å². The van der Waals surface area contributed by atoms with Crippen LogP contribution in [0.3, 0.4) is 0 Å². The third-order valence-corrected chi connectivity index (χ3v) is 5.65. The summed E-state index contributed by atoms with van der Waals surface area (Å²) in [5.74, 6) is -1.75. The first-order chi connectivity index (χ1) is 14.8. The van der Waals surface area contributed by atoms with Gasteiger partial charge in [-0.15, -0.1) is 0 Å². The number of carbonyl (C=O) groups is 2. The van der Waals surface area contributed by atoms with Crippen molar-refractivity contribution in [2.75, 3.05) is 13.2 Å². The molecule has 1 fully saturated rings. The van der Waals surface area contributed by atoms with Crippen molar-refractivity contribution in [2.24, 2.45) is 0 Å². The van der Waals surface area contributed by atoms with Crippen LogP contribution in [0.25, 0.3) is 11.1 Å². The number of hydrogen-bond acceptors (Lipinski definition) is 5. The molecule has 0 spiro atoms. The van der Waals surface area contributed by atoms with Crippen LogP contribution in [-0.2, 0) is 9.59 Å². The van der Waals surface area contributed by atoms with E-state index in [9.17, 15) is 19.8 Å². The molecule has 6 nitrogen and oxygen atoms in total. The number of Topliss-reactive ketones (excluding diaryl/α,β-unsaturated/α-hetero) is 1. The van der Waals surface area contributed by atoms with Gasteiger partial charge in [0.05, 0.1) is 12.6 Å². The van der Waals surface area contributed by atoms with Gasteiger partial charge in [-0.25, -0.2) is 4.39 Å². The number of nitrogens with one attached hydrogen (secondary N) is 2. The zero-order chi connectivity index (χ0) is 22.5. The fraction of sp³-hybridized carbons (Fsp3) is 0.417. The summed E-state index contributed by atoms with van der Waals surface area (Å²) in [5, 5.41) is 25.1. The smallest absolute Gasteiger partial charge is 0.237 e. The molecular weight excluding hydrogens is 399 g/mol. The molecule has 2 aromatic rings. The van der Waals surface area contributed by atoms with Gasteiger partial charge in [0.25, 0.3) is 0 Å². The highest BCUT2D eigenvalue weighted by atomic mass is 19.1. The average Bonchev–Trinajstić information content (AvgIpc) is 3.31. The van der Waals surface area contributed by atoms with Crippen LogP contribution in [0.5, 0.6) is 0 Å². The molecule has 1 heterocycles. The lowest BCUT2D eigenvalue weighted by atomic mass is 9.87. The summed E-state index contributed by atoms with van der Waals surface area (Å²) in [4.78, 5) is 25.8. The second kappa shape index (κ2) is 10.1. The van der Waals surface area contributed by atoms with Crippen molar-refractivity contribution >= 4 is 11.7 Å². The highest BCUT2D eigenvalue weighted by Gasteiger charge is 2.34. The molecule has 4 N–H and O–H groups in total. The van der Waals surface area contributed by atoms with Crippen LogP contribution in [-0.4, -0.2) is 47.2 Å². The van der Waals surface area contributed by atoms with Crippen molar-refractivity contribution in [3.63, 3.8) is 0 Å². The van der Waals surface area contributed by atoms with E-state index in [2.05, 4.69) is 10.6 Å². The molecule has 0 saturated carbocycles. The number of amides is 1. The Bertz CT molecular complexity index is 927. The second-order valence-corrected chi connectivity index (χ2v) is 8.15. The first-order valence-electron chi connectivity index (χ1n) is 10.6. The van der Waals surface area contributed by atoms with Crippen molar-refractivity contribution in [2.45, 2.75) is 50.8 Å². The SMILES string of the molecule is CC(C)c1ccc(C(NC(=O)C2CCCN2)C(=O)C(O)CO)c(-c2ccccc2)c1F. The first kappa shape index (κ1) is 23.1. The molecule has 31 heavy (non-hydrogen) atoms. The average molecular weight is 429 g/mol. The van der Waals surface area contributed by atoms with Crippen molar-refractivity contribution < 1.29 is 24.2 Å². The summed E-state index contributed by atoms with van der Waals surface area (Å²) in [6.07, 6.45) is -0.233. The van der Waals surface area contributed by atoms with Crippen LogP contribution in [0, 0.1) is 5.82 Å². The zero-order valence-corrected chi connectivity index (χ0v) is 17.8. The lowest BCUT2D eigenvalue weighted by molar-refractivity contribution is -0.135. The lowest BCUT2D eigenvalue weighted by Crippen LogP contribution is -2.46. The number of carbonyl (C=O) groups excluding carboxylic acids is 2. The topological polar surface area (TPSA) is 98.7 Å². The van der Waals surface area contributed by atoms with Crippen molar-refractivity contribution in [3.8, 4) is 11.1 Å². The monoisotopic (exact) mass is 428 g/mol. The fourth-order valence-corrected chi connectivity index (χ4v) is 3.93. The predicted octanol–water partition coefficient (Wildman–Crippen LogP) is 2.45. The Morgan fingerprint density at radius 2 is 1.84 bits per heavy atom. The largest absolute Gasteiger partial charge is 0.393 e. The van der Waals surface area contributed by atoms with E-state index in [1.165, 1.54) is 0 Å². The summed E-state index contributed by atoms with van der Waals surface area (Å²) < 4.78 is 15.7. The van der Waals surface area contributed by atoms with E-state index in [-0.39, 0.29) is 17.0 Å². The minimum atomic E-state index is -1.70. The van der Waals surface area contributed by atoms with E-state index < -0.39 is 42.3 Å². The molecule has 3 unspecified atom stereocenters. The quantitative estimate of drug-likeness (QED) is 0.518. The van der Waals surface area contributed by atoms with Crippen LogP contribution in [0.1, 0.15) is 49.8 Å². The van der Waals surface area contributed by atoms with Gasteiger partial charge in [-0.1, -0.05) is 56.3 Å². The van der Waals surface area contributed by atoms with Crippen LogP contribution < -0.4 is 10.6 Å². The van der Waals surface area contributed by atoms with Gasteiger partial charge in [0.1, 0.15) is 18.0 Å². The van der Waals surface area contributed by atoms with Crippen molar-refractivity contribution in [1.29, 1.82) is 0 Å². The molecule has 0 aliphatic carbocycles. The Kier molecular flexibility index (Phi) is 7.54. The summed E-state index contributed by atoms with van der Waals surface area (Å²) in [6.45, 7) is 3.65. The highest BCUT2D eigenvalue weighted by molar-refractivity contribution is 5.95. The van der Waals surface area contributed by atoms with Gasteiger partial charge >= 0.3 is 0 Å². The fourth-order valence-electron chi connectivity index (χ4n) is 3.93. The van der Waals surface area contributed by atoms with Gasteiger partial charge in [0.15, 0.2) is 5.78 Å². The summed E-state index contributed by atoms with van der Waals surface area (Å²) >= 11 is 0. The van der Waals surface area contributed by atoms with Gasteiger partial charge in [0.2, 0.25) is 5.91 Å². The normalized spacial score (nSPS) is 18.1. The number of ketones is 1. The Morgan fingerprint density at radius 1 is 1.16 bits per heavy atom. The Morgan fingerprint density at radius 3 is 2.42 bits per heavy atom. The number of aliphatic hydroxyl groups is 2. The Hall–Kier alpha value is -2.61. The van der Waals surface area contributed by atoms with E-state index in [1.807, 2.05) is 13.8 Å². The molecule has 166 valence electrons. The molecule has 1 amide bonds. The molecular formula is C24H29FN2O4. The molecule has 3 atom stereocenters. The molecule has 0 radical (unpaired) electrons. The molecule has 1 aliphatic rings. The number of benzene rings is 2. The Balaban J connectivity index is 2.13. The minimum Gasteiger partial charge on any atom is -0.393 e. The summed E-state index contributed by atoms with van der Waals surface area (Å²) in [6, 6.07) is 10.3. The molecule has 1 aliphatic heterocycles. The first-order valence-corrected chi connectivity index (χ1v) is 10.6. The van der Waals surface area contributed by atoms with E-state index >= 15 is 4.39 Å². The third-order valence-electron chi connectivity index (χ3n) is 5.65. The van der Waals surface area contributed by atoms with Crippen LogP contribution >= 0.6 is 0 Å². The summed E-state index contributed by atoms with van der Waals surface area (Å²) in [5.41, 5.74) is 1.49. The molecule has 1 saturated heterocycles. The van der Waals surface area contributed by atoms with E-state index in [0.29, 0.717) is 24.1 Å². The molecule has 3 rings (SSSR count). The van der Waals surface area contributed by atoms with Crippen LogP contribution in [0.2, 0.25) is 0 Å². The van der Waals surface area contributed by atoms with E-state index in [4.69, 9.17) is 0 Å². The van der Waals surface area contributed by atoms with Gasteiger partial charge in [-0.3, -0.25) is 9.59 Å². The molecule has 0 aromatic heterocycles. The van der Waals surface area contributed by atoms with E-state index in [1.54, 1.807) is 42.5 Å². The molecule has 7 heteroatoms. The maximum Gasteiger partial charge on any atom is 0.237 e. The lowest BCUT2D eigenvalue weighted by Gasteiger charge is -2.25. The number of rotatable bonds is 8. The minimum absolute atomic E-state index is 0.0917. The summed E-state index contributed by atoms with van der Waals surface area (Å²) in [7, 11) is 0.